The molecule has 1 amide bonds. The molecule has 160 valence electrons. The van der Waals surface area contributed by atoms with Crippen LogP contribution < -0.4 is 9.64 Å². The fourth-order valence-corrected chi connectivity index (χ4v) is 3.88. The van der Waals surface area contributed by atoms with Crippen molar-refractivity contribution in [3.05, 3.63) is 70.2 Å². The van der Waals surface area contributed by atoms with Crippen molar-refractivity contribution in [2.75, 3.05) is 37.7 Å². The molecule has 0 N–H and O–H groups in total. The van der Waals surface area contributed by atoms with Gasteiger partial charge in [-0.25, -0.2) is 0 Å². The van der Waals surface area contributed by atoms with Crippen LogP contribution in [0, 0.1) is 0 Å². The van der Waals surface area contributed by atoms with Gasteiger partial charge in [0, 0.05) is 36.8 Å². The summed E-state index contributed by atoms with van der Waals surface area (Å²) in [4.78, 5) is 16.7. The SMILES string of the molecule is CCOc1ccc(-c2ccc(N3CCN(C(=O)c4cc(Cl)ccc4Cl)CC3)nn2)cc1. The summed E-state index contributed by atoms with van der Waals surface area (Å²) in [5.41, 5.74) is 2.22. The molecule has 2 aromatic carbocycles. The average molecular weight is 457 g/mol. The molecule has 0 atom stereocenters. The molecule has 0 spiro atoms. The number of piperazine rings is 1. The third-order valence-corrected chi connectivity index (χ3v) is 5.73. The smallest absolute Gasteiger partial charge is 0.255 e. The van der Waals surface area contributed by atoms with E-state index < -0.39 is 0 Å². The molecule has 0 bridgehead atoms. The minimum absolute atomic E-state index is 0.107. The number of aromatic nitrogens is 2. The Morgan fingerprint density at radius 2 is 1.71 bits per heavy atom. The first-order valence-electron chi connectivity index (χ1n) is 10.1. The van der Waals surface area contributed by atoms with Gasteiger partial charge in [-0.2, -0.15) is 0 Å². The Bertz CT molecular complexity index is 1050. The first-order chi connectivity index (χ1) is 15.0. The van der Waals surface area contributed by atoms with Gasteiger partial charge in [-0.15, -0.1) is 10.2 Å². The summed E-state index contributed by atoms with van der Waals surface area (Å²) in [5, 5.41) is 9.68. The number of benzene rings is 2. The number of hydrogen-bond donors (Lipinski definition) is 0. The number of nitrogens with zero attached hydrogens (tertiary/aromatic N) is 4. The predicted molar refractivity (Wildman–Crippen MR) is 123 cm³/mol. The Morgan fingerprint density at radius 1 is 0.968 bits per heavy atom. The molecule has 2 heterocycles. The highest BCUT2D eigenvalue weighted by Crippen LogP contribution is 2.24. The van der Waals surface area contributed by atoms with E-state index in [1.54, 1.807) is 23.1 Å². The van der Waals surface area contributed by atoms with Crippen LogP contribution in [-0.4, -0.2) is 53.8 Å². The summed E-state index contributed by atoms with van der Waals surface area (Å²) in [6.07, 6.45) is 0. The van der Waals surface area contributed by atoms with Gasteiger partial charge in [0.2, 0.25) is 0 Å². The first-order valence-corrected chi connectivity index (χ1v) is 10.9. The van der Waals surface area contributed by atoms with Gasteiger partial charge in [0.05, 0.1) is 22.9 Å². The maximum absolute atomic E-state index is 12.8. The van der Waals surface area contributed by atoms with Gasteiger partial charge in [-0.05, 0) is 61.5 Å². The van der Waals surface area contributed by atoms with E-state index in [0.717, 1.165) is 22.8 Å². The van der Waals surface area contributed by atoms with E-state index in [9.17, 15) is 4.79 Å². The summed E-state index contributed by atoms with van der Waals surface area (Å²) in [7, 11) is 0. The van der Waals surface area contributed by atoms with Crippen LogP contribution in [0.2, 0.25) is 10.0 Å². The van der Waals surface area contributed by atoms with Crippen molar-refractivity contribution < 1.29 is 9.53 Å². The molecule has 1 saturated heterocycles. The van der Waals surface area contributed by atoms with Crippen LogP contribution in [-0.2, 0) is 0 Å². The van der Waals surface area contributed by atoms with Crippen molar-refractivity contribution in [2.24, 2.45) is 0 Å². The molecule has 0 aliphatic carbocycles. The van der Waals surface area contributed by atoms with Gasteiger partial charge >= 0.3 is 0 Å². The van der Waals surface area contributed by atoms with Gasteiger partial charge in [0.1, 0.15) is 5.75 Å². The zero-order valence-corrected chi connectivity index (χ0v) is 18.6. The highest BCUT2D eigenvalue weighted by molar-refractivity contribution is 6.35. The van der Waals surface area contributed by atoms with Crippen molar-refractivity contribution in [1.82, 2.24) is 15.1 Å². The van der Waals surface area contributed by atoms with E-state index >= 15 is 0 Å². The van der Waals surface area contributed by atoms with Crippen LogP contribution in [0.3, 0.4) is 0 Å². The number of carbonyl (C=O) groups is 1. The molecule has 6 nitrogen and oxygen atoms in total. The van der Waals surface area contributed by atoms with Crippen LogP contribution >= 0.6 is 23.2 Å². The quantitative estimate of drug-likeness (QED) is 0.551. The van der Waals surface area contributed by atoms with Crippen LogP contribution in [0.4, 0.5) is 5.82 Å². The zero-order valence-electron chi connectivity index (χ0n) is 17.1. The molecule has 1 aliphatic heterocycles. The van der Waals surface area contributed by atoms with Crippen molar-refractivity contribution in [3.63, 3.8) is 0 Å². The standard InChI is InChI=1S/C23H22Cl2N4O2/c1-2-31-18-6-3-16(4-7-18)21-9-10-22(27-26-21)28-11-13-29(14-12-28)23(30)19-15-17(24)5-8-20(19)25/h3-10,15H,2,11-14H2,1H3. The number of rotatable bonds is 5. The Morgan fingerprint density at radius 3 is 2.35 bits per heavy atom. The summed E-state index contributed by atoms with van der Waals surface area (Å²) in [6.45, 7) is 5.08. The Labute approximate surface area is 191 Å². The van der Waals surface area contributed by atoms with E-state index in [4.69, 9.17) is 27.9 Å². The third kappa shape index (κ3) is 4.92. The molecular weight excluding hydrogens is 435 g/mol. The highest BCUT2D eigenvalue weighted by atomic mass is 35.5. The Kier molecular flexibility index (Phi) is 6.59. The summed E-state index contributed by atoms with van der Waals surface area (Å²) in [5.74, 6) is 1.52. The fraction of sp³-hybridized carbons (Fsp3) is 0.261. The molecule has 1 aliphatic rings. The number of carbonyl (C=O) groups excluding carboxylic acids is 1. The lowest BCUT2D eigenvalue weighted by Gasteiger charge is -2.35. The molecule has 0 unspecified atom stereocenters. The molecule has 1 aromatic heterocycles. The molecule has 8 heteroatoms. The molecule has 0 radical (unpaired) electrons. The van der Waals surface area contributed by atoms with E-state index in [1.165, 1.54) is 0 Å². The maximum Gasteiger partial charge on any atom is 0.255 e. The molecule has 31 heavy (non-hydrogen) atoms. The molecule has 0 saturated carbocycles. The second-order valence-corrected chi connectivity index (χ2v) is 7.98. The Hall–Kier alpha value is -2.83. The minimum Gasteiger partial charge on any atom is -0.494 e. The maximum atomic E-state index is 12.8. The Balaban J connectivity index is 1.38. The van der Waals surface area contributed by atoms with E-state index in [1.807, 2.05) is 43.3 Å². The van der Waals surface area contributed by atoms with Gasteiger partial charge in [0.25, 0.3) is 5.91 Å². The van der Waals surface area contributed by atoms with Crippen LogP contribution in [0.1, 0.15) is 17.3 Å². The van der Waals surface area contributed by atoms with Crippen molar-refractivity contribution in [2.45, 2.75) is 6.92 Å². The highest BCUT2D eigenvalue weighted by Gasteiger charge is 2.24. The fourth-order valence-electron chi connectivity index (χ4n) is 3.51. The molecular formula is C23H22Cl2N4O2. The van der Waals surface area contributed by atoms with Gasteiger partial charge in [-0.3, -0.25) is 4.79 Å². The van der Waals surface area contributed by atoms with E-state index in [0.29, 0.717) is 48.4 Å². The van der Waals surface area contributed by atoms with Gasteiger partial charge in [0.15, 0.2) is 5.82 Å². The number of halogens is 2. The van der Waals surface area contributed by atoms with E-state index in [2.05, 4.69) is 15.1 Å². The first kappa shape index (κ1) is 21.4. The topological polar surface area (TPSA) is 58.6 Å². The van der Waals surface area contributed by atoms with Crippen molar-refractivity contribution >= 4 is 34.9 Å². The number of hydrogen-bond acceptors (Lipinski definition) is 5. The second-order valence-electron chi connectivity index (χ2n) is 7.14. The summed E-state index contributed by atoms with van der Waals surface area (Å²) < 4.78 is 5.48. The lowest BCUT2D eigenvalue weighted by Crippen LogP contribution is -2.49. The van der Waals surface area contributed by atoms with Crippen molar-refractivity contribution in [1.29, 1.82) is 0 Å². The number of ether oxygens (including phenoxy) is 1. The van der Waals surface area contributed by atoms with Crippen LogP contribution in [0.5, 0.6) is 5.75 Å². The average Bonchev–Trinajstić information content (AvgIpc) is 2.81. The summed E-state index contributed by atoms with van der Waals surface area (Å²) >= 11 is 12.2. The van der Waals surface area contributed by atoms with Gasteiger partial charge < -0.3 is 14.5 Å². The lowest BCUT2D eigenvalue weighted by atomic mass is 10.1. The number of amides is 1. The predicted octanol–water partition coefficient (Wildman–Crippen LogP) is 4.81. The van der Waals surface area contributed by atoms with Gasteiger partial charge in [-0.1, -0.05) is 23.2 Å². The third-order valence-electron chi connectivity index (χ3n) is 5.16. The minimum atomic E-state index is -0.107. The lowest BCUT2D eigenvalue weighted by molar-refractivity contribution is 0.0746. The second kappa shape index (κ2) is 9.54. The monoisotopic (exact) mass is 456 g/mol. The molecule has 1 fully saturated rings. The van der Waals surface area contributed by atoms with Crippen LogP contribution in [0.25, 0.3) is 11.3 Å². The molecule has 4 rings (SSSR count). The van der Waals surface area contributed by atoms with Crippen LogP contribution in [0.15, 0.2) is 54.6 Å². The van der Waals surface area contributed by atoms with E-state index in [-0.39, 0.29) is 5.91 Å². The normalized spacial score (nSPS) is 13.9. The summed E-state index contributed by atoms with van der Waals surface area (Å²) in [6, 6.07) is 16.7. The molecule has 3 aromatic rings. The van der Waals surface area contributed by atoms with Crippen molar-refractivity contribution in [3.8, 4) is 17.0 Å². The largest absolute Gasteiger partial charge is 0.494 e. The zero-order chi connectivity index (χ0) is 21.8. The number of anilines is 1.